The zero-order valence-corrected chi connectivity index (χ0v) is 35.7. The van der Waals surface area contributed by atoms with Crippen molar-refractivity contribution in [2.24, 2.45) is 0 Å². The second-order valence-corrected chi connectivity index (χ2v) is 16.5. The number of benzene rings is 5. The monoisotopic (exact) mass is 855 g/mol. The molecule has 11 heteroatoms. The Morgan fingerprint density at radius 2 is 1.66 bits per heavy atom. The first-order chi connectivity index (χ1) is 29.5. The number of carboxylic acid groups (broad SMARTS) is 1. The lowest BCUT2D eigenvalue weighted by atomic mass is 9.89. The van der Waals surface area contributed by atoms with Crippen LogP contribution in [0.4, 0.5) is 0 Å². The minimum Gasteiger partial charge on any atom is -0.489 e. The normalized spacial score (nSPS) is 16.9. The number of hydrogen-bond acceptors (Lipinski definition) is 7. The van der Waals surface area contributed by atoms with Crippen molar-refractivity contribution in [1.82, 2.24) is 15.2 Å². The summed E-state index contributed by atoms with van der Waals surface area (Å²) in [5, 5.41) is 14.3. The van der Waals surface area contributed by atoms with E-state index in [0.717, 1.165) is 62.2 Å². The van der Waals surface area contributed by atoms with Crippen LogP contribution >= 0.6 is 23.2 Å². The van der Waals surface area contributed by atoms with Crippen molar-refractivity contribution in [3.05, 3.63) is 176 Å². The fourth-order valence-electron chi connectivity index (χ4n) is 8.32. The quantitative estimate of drug-likeness (QED) is 0.118. The number of carbonyl (C=O) groups excluding carboxylic acids is 1. The third-order valence-electron chi connectivity index (χ3n) is 11.8. The third kappa shape index (κ3) is 9.39. The summed E-state index contributed by atoms with van der Waals surface area (Å²) < 4.78 is 19.0. The molecule has 0 spiro atoms. The Hall–Kier alpha value is -5.87. The van der Waals surface area contributed by atoms with Gasteiger partial charge in [-0.15, -0.1) is 0 Å². The van der Waals surface area contributed by atoms with E-state index >= 15 is 0 Å². The van der Waals surface area contributed by atoms with Crippen molar-refractivity contribution in [2.75, 3.05) is 6.61 Å². The first kappa shape index (κ1) is 41.8. The number of carboxylic acids is 1. The number of nitrogens with zero attached hydrogens (tertiary/aromatic N) is 2. The molecule has 9 nitrogen and oxygen atoms in total. The van der Waals surface area contributed by atoms with Crippen LogP contribution in [0.2, 0.25) is 10.0 Å². The average Bonchev–Trinajstić information content (AvgIpc) is 3.27. The zero-order valence-electron chi connectivity index (χ0n) is 34.2. The minimum absolute atomic E-state index is 0.103. The van der Waals surface area contributed by atoms with E-state index < -0.39 is 18.1 Å². The lowest BCUT2D eigenvalue weighted by Gasteiger charge is -2.42. The molecule has 0 saturated carbocycles. The van der Waals surface area contributed by atoms with Crippen molar-refractivity contribution in [3.8, 4) is 28.4 Å². The highest BCUT2D eigenvalue weighted by Gasteiger charge is 2.39. The van der Waals surface area contributed by atoms with Crippen molar-refractivity contribution < 1.29 is 28.9 Å². The Kier molecular flexibility index (Phi) is 12.6. The number of aryl methyl sites for hydroxylation is 1. The lowest BCUT2D eigenvalue weighted by molar-refractivity contribution is -0.143. The van der Waals surface area contributed by atoms with Crippen molar-refractivity contribution in [1.29, 1.82) is 0 Å². The van der Waals surface area contributed by atoms with Crippen LogP contribution in [0, 0.1) is 13.8 Å². The van der Waals surface area contributed by atoms with Crippen LogP contribution in [0.3, 0.4) is 0 Å². The Morgan fingerprint density at radius 1 is 0.885 bits per heavy atom. The van der Waals surface area contributed by atoms with Gasteiger partial charge in [0.1, 0.15) is 25.0 Å². The molecule has 8 rings (SSSR count). The SMILES string of the molecule is CC[C@@H](c1ccccc1)N1Cc2cc3c(cc2C[C@H]1C(=O)NC(Cc1ccc(-c2ccnc(C)c2C)cc1)C(=O)O)OC[C@H](c1cccc(OCc2ccc(Cl)c(Cl)c2)c1)O3. The van der Waals surface area contributed by atoms with Gasteiger partial charge < -0.3 is 24.6 Å². The van der Waals surface area contributed by atoms with Gasteiger partial charge >= 0.3 is 5.97 Å². The Bertz CT molecular complexity index is 2550. The van der Waals surface area contributed by atoms with Crippen LogP contribution < -0.4 is 19.5 Å². The molecule has 0 aliphatic carbocycles. The highest BCUT2D eigenvalue weighted by Crippen LogP contribution is 2.43. The molecule has 2 aliphatic heterocycles. The van der Waals surface area contributed by atoms with E-state index in [4.69, 9.17) is 37.4 Å². The molecule has 0 saturated heterocycles. The molecule has 1 unspecified atom stereocenters. The van der Waals surface area contributed by atoms with E-state index in [1.165, 1.54) is 0 Å². The molecule has 1 amide bonds. The van der Waals surface area contributed by atoms with E-state index in [2.05, 4.69) is 34.3 Å². The number of carbonyl (C=O) groups is 2. The van der Waals surface area contributed by atoms with Crippen LogP contribution in [-0.4, -0.2) is 45.6 Å². The first-order valence-electron chi connectivity index (χ1n) is 20.5. The molecule has 2 aliphatic rings. The van der Waals surface area contributed by atoms with Gasteiger partial charge in [0.25, 0.3) is 0 Å². The summed E-state index contributed by atoms with van der Waals surface area (Å²) >= 11 is 12.3. The molecular formula is C50H47Cl2N3O6. The minimum atomic E-state index is -1.12. The van der Waals surface area contributed by atoms with E-state index in [1.807, 2.05) is 105 Å². The number of ether oxygens (including phenoxy) is 3. The van der Waals surface area contributed by atoms with Crippen molar-refractivity contribution >= 4 is 35.1 Å². The topological polar surface area (TPSA) is 110 Å². The Labute approximate surface area is 366 Å². The number of halogens is 2. The van der Waals surface area contributed by atoms with Gasteiger partial charge in [-0.2, -0.15) is 0 Å². The maximum Gasteiger partial charge on any atom is 0.326 e. The van der Waals surface area contributed by atoms with Crippen LogP contribution in [0.1, 0.15) is 70.1 Å². The number of fused-ring (bicyclic) bond motifs is 2. The predicted molar refractivity (Wildman–Crippen MR) is 237 cm³/mol. The summed E-state index contributed by atoms with van der Waals surface area (Å²) in [7, 11) is 0. The first-order valence-corrected chi connectivity index (χ1v) is 21.3. The molecule has 1 aromatic heterocycles. The molecule has 312 valence electrons. The van der Waals surface area contributed by atoms with Gasteiger partial charge in [0.15, 0.2) is 17.6 Å². The number of nitrogens with one attached hydrogen (secondary N) is 1. The molecular weight excluding hydrogens is 809 g/mol. The fraction of sp³-hybridized carbons (Fsp3) is 0.260. The van der Waals surface area contributed by atoms with Gasteiger partial charge in [0.05, 0.1) is 16.1 Å². The van der Waals surface area contributed by atoms with Crippen molar-refractivity contribution in [2.45, 2.75) is 77.4 Å². The van der Waals surface area contributed by atoms with Crippen LogP contribution in [0.15, 0.2) is 121 Å². The standard InChI is InChI=1S/C50H47Cl2N3O6/c1-4-44(35-9-6-5-7-10-35)55-27-38-26-47-46(60-29-48(61-47)36-11-8-12-39(23-36)59-28-33-15-18-41(51)42(52)21-33)25-37(38)24-45(55)49(56)54-43(50(57)58)22-32-13-16-34(17-14-32)40-19-20-53-31(3)30(40)2/h5-21,23,25-26,43-45,48H,4,22,24,27-29H2,1-3H3,(H,54,56)(H,57,58)/t43?,44-,45-,48+/m0/s1. The smallest absolute Gasteiger partial charge is 0.326 e. The second kappa shape index (κ2) is 18.4. The number of aromatic nitrogens is 1. The maximum absolute atomic E-state index is 14.5. The molecule has 4 atom stereocenters. The second-order valence-electron chi connectivity index (χ2n) is 15.7. The number of aliphatic carboxylic acids is 1. The van der Waals surface area contributed by atoms with Gasteiger partial charge in [-0.05, 0) is 119 Å². The number of rotatable bonds is 13. The third-order valence-corrected chi connectivity index (χ3v) is 12.5. The van der Waals surface area contributed by atoms with E-state index in [-0.39, 0.29) is 31.1 Å². The number of hydrogen-bond donors (Lipinski definition) is 2. The average molecular weight is 857 g/mol. The molecule has 61 heavy (non-hydrogen) atoms. The van der Waals surface area contributed by atoms with Gasteiger partial charge in [-0.1, -0.05) is 103 Å². The summed E-state index contributed by atoms with van der Waals surface area (Å²) in [6.45, 7) is 7.19. The predicted octanol–water partition coefficient (Wildman–Crippen LogP) is 10.5. The molecule has 0 fully saturated rings. The Morgan fingerprint density at radius 3 is 2.41 bits per heavy atom. The summed E-state index contributed by atoms with van der Waals surface area (Å²) in [6, 6.07) is 35.3. The summed E-state index contributed by atoms with van der Waals surface area (Å²) in [6.07, 6.45) is 2.67. The lowest BCUT2D eigenvalue weighted by Crippen LogP contribution is -2.55. The highest BCUT2D eigenvalue weighted by atomic mass is 35.5. The van der Waals surface area contributed by atoms with Crippen molar-refractivity contribution in [3.63, 3.8) is 0 Å². The van der Waals surface area contributed by atoms with Gasteiger partial charge in [-0.25, -0.2) is 4.79 Å². The number of pyridine rings is 1. The summed E-state index contributed by atoms with van der Waals surface area (Å²) in [5.41, 5.74) is 9.85. The summed E-state index contributed by atoms with van der Waals surface area (Å²) in [4.78, 5) is 33.8. The van der Waals surface area contributed by atoms with Crippen LogP contribution in [0.5, 0.6) is 17.2 Å². The van der Waals surface area contributed by atoms with Crippen LogP contribution in [-0.2, 0) is 35.6 Å². The number of amides is 1. The molecule has 0 radical (unpaired) electrons. The largest absolute Gasteiger partial charge is 0.489 e. The molecule has 0 bridgehead atoms. The molecule has 5 aromatic carbocycles. The zero-order chi connectivity index (χ0) is 42.6. The van der Waals surface area contributed by atoms with Gasteiger partial charge in [-0.3, -0.25) is 14.7 Å². The van der Waals surface area contributed by atoms with E-state index in [0.29, 0.717) is 46.9 Å². The molecule has 3 heterocycles. The van der Waals surface area contributed by atoms with Gasteiger partial charge in [0.2, 0.25) is 5.91 Å². The fourth-order valence-corrected chi connectivity index (χ4v) is 8.64. The Balaban J connectivity index is 1.01. The molecule has 2 N–H and O–H groups in total. The molecule has 6 aromatic rings. The van der Waals surface area contributed by atoms with Gasteiger partial charge in [0, 0.05) is 30.9 Å². The maximum atomic E-state index is 14.5. The van der Waals surface area contributed by atoms with E-state index in [9.17, 15) is 14.7 Å². The highest BCUT2D eigenvalue weighted by molar-refractivity contribution is 6.42. The van der Waals surface area contributed by atoms with E-state index in [1.54, 1.807) is 18.3 Å². The summed E-state index contributed by atoms with van der Waals surface area (Å²) in [5.74, 6) is 0.494. The van der Waals surface area contributed by atoms with Crippen LogP contribution in [0.25, 0.3) is 11.1 Å².